The van der Waals surface area contributed by atoms with E-state index in [0.29, 0.717) is 0 Å². The summed E-state index contributed by atoms with van der Waals surface area (Å²) in [7, 11) is 0. The van der Waals surface area contributed by atoms with Crippen molar-refractivity contribution in [3.05, 3.63) is 253 Å². The fourth-order valence-corrected chi connectivity index (χ4v) is 9.02. The predicted octanol–water partition coefficient (Wildman–Crippen LogP) is 18.9. The Morgan fingerprint density at radius 1 is 0.325 bits per heavy atom. The Bertz CT molecular complexity index is 3140. The molecule has 4 aromatic heterocycles. The minimum Gasteiger partial charge on any atom is -0.346 e. The molecule has 0 unspecified atom stereocenters. The SMILES string of the molecule is CC(C)(C)c1cc(N(c2[c-]c(-c3ccccn3)ccc2)c2[c-]c(-c3ccccn3)ccc2)cc(C(C)(C)C)c1.CC(C)(C)c1cc(N(c2cccc(-c3[c-]cccc3)n2)c2cccc(-c3[c-]cccc3)n2)cc(C(C)(C)C)c1.[Pt+2].[Pt+2]. The zero-order valence-electron chi connectivity index (χ0n) is 47.9. The standard InChI is InChI=1S/2C36H35N3.2Pt/c1-35(2,3)28-23-29(36(4,5)6)25-32(24-28)39(30-15-11-13-26(21-30)33-17-7-9-19-37-33)31-16-12-14-27(22-31)34-18-8-10-20-38-34;1-35(2,3)28-23-29(36(4,5)6)25-30(24-28)39(33-21-13-19-31(37-33)26-15-9-7-10-16-26)34-22-14-20-32(38-34)27-17-11-8-12-18-27;;/h7-20,23-25H,1-6H3;7-15,17,19-25H,1-6H3;;/q2*-2;2*+2. The van der Waals surface area contributed by atoms with Crippen LogP contribution in [0.3, 0.4) is 0 Å². The van der Waals surface area contributed by atoms with Crippen molar-refractivity contribution in [2.24, 2.45) is 0 Å². The van der Waals surface area contributed by atoms with Crippen molar-refractivity contribution in [2.75, 3.05) is 9.80 Å². The van der Waals surface area contributed by atoms with Gasteiger partial charge in [-0.05, 0) is 127 Å². The summed E-state index contributed by atoms with van der Waals surface area (Å²) in [5, 5.41) is 0. The van der Waals surface area contributed by atoms with Gasteiger partial charge in [0, 0.05) is 23.8 Å². The second-order valence-electron chi connectivity index (χ2n) is 23.9. The van der Waals surface area contributed by atoms with Crippen LogP contribution < -0.4 is 9.80 Å². The summed E-state index contributed by atoms with van der Waals surface area (Å²) in [6.07, 6.45) is 3.64. The molecule has 6 nitrogen and oxygen atoms in total. The van der Waals surface area contributed by atoms with Crippen LogP contribution in [0.5, 0.6) is 0 Å². The molecule has 6 aromatic carbocycles. The fraction of sp³-hybridized carbons (Fsp3) is 0.222. The zero-order chi connectivity index (χ0) is 55.2. The maximum absolute atomic E-state index is 5.13. The van der Waals surface area contributed by atoms with Gasteiger partial charge in [0.2, 0.25) is 0 Å². The van der Waals surface area contributed by atoms with Gasteiger partial charge >= 0.3 is 42.1 Å². The predicted molar refractivity (Wildman–Crippen MR) is 325 cm³/mol. The maximum Gasteiger partial charge on any atom is 2.00 e. The van der Waals surface area contributed by atoms with Gasteiger partial charge in [-0.2, -0.15) is 0 Å². The van der Waals surface area contributed by atoms with E-state index in [4.69, 9.17) is 9.97 Å². The van der Waals surface area contributed by atoms with E-state index in [9.17, 15) is 0 Å². The van der Waals surface area contributed by atoms with Gasteiger partial charge in [0.25, 0.3) is 0 Å². The third-order valence-corrected chi connectivity index (χ3v) is 13.6. The number of aromatic nitrogens is 4. The third kappa shape index (κ3) is 14.8. The number of hydrogen-bond acceptors (Lipinski definition) is 6. The van der Waals surface area contributed by atoms with E-state index < -0.39 is 0 Å². The van der Waals surface area contributed by atoms with Crippen molar-refractivity contribution in [3.63, 3.8) is 0 Å². The molecule has 0 spiro atoms. The number of rotatable bonds is 10. The monoisotopic (exact) mass is 1410 g/mol. The molecule has 408 valence electrons. The van der Waals surface area contributed by atoms with Crippen LogP contribution in [0.25, 0.3) is 45.0 Å². The summed E-state index contributed by atoms with van der Waals surface area (Å²) in [6, 6.07) is 80.4. The number of hydrogen-bond donors (Lipinski definition) is 0. The van der Waals surface area contributed by atoms with E-state index in [1.165, 1.54) is 22.3 Å². The summed E-state index contributed by atoms with van der Waals surface area (Å²) in [6.45, 7) is 27.2. The molecular weight excluding hydrogens is 1340 g/mol. The van der Waals surface area contributed by atoms with E-state index >= 15 is 0 Å². The smallest absolute Gasteiger partial charge is 0.346 e. The molecule has 0 fully saturated rings. The summed E-state index contributed by atoms with van der Waals surface area (Å²) in [4.78, 5) is 23.8. The second-order valence-corrected chi connectivity index (χ2v) is 23.9. The molecule has 80 heavy (non-hydrogen) atoms. The molecule has 0 saturated heterocycles. The van der Waals surface area contributed by atoms with Crippen LogP contribution >= 0.6 is 0 Å². The first-order valence-corrected chi connectivity index (χ1v) is 26.9. The Hall–Kier alpha value is -7.10. The Labute approximate surface area is 505 Å². The van der Waals surface area contributed by atoms with Crippen molar-refractivity contribution in [1.29, 1.82) is 0 Å². The second kappa shape index (κ2) is 25.6. The summed E-state index contributed by atoms with van der Waals surface area (Å²) in [5.74, 6) is 1.61. The normalized spacial score (nSPS) is 11.6. The minimum absolute atomic E-state index is 0. The first-order valence-electron chi connectivity index (χ1n) is 26.9. The molecule has 0 atom stereocenters. The van der Waals surface area contributed by atoms with Gasteiger partial charge in [-0.3, -0.25) is 14.9 Å². The Morgan fingerprint density at radius 3 is 1.00 bits per heavy atom. The van der Waals surface area contributed by atoms with Crippen LogP contribution in [0.15, 0.2) is 207 Å². The van der Waals surface area contributed by atoms with Crippen molar-refractivity contribution < 1.29 is 42.1 Å². The Kier molecular flexibility index (Phi) is 19.3. The van der Waals surface area contributed by atoms with E-state index in [0.717, 1.165) is 79.4 Å². The molecule has 10 rings (SSSR count). The van der Waals surface area contributed by atoms with E-state index in [1.807, 2.05) is 109 Å². The van der Waals surface area contributed by atoms with E-state index in [1.54, 1.807) is 0 Å². The molecule has 0 N–H and O–H groups in total. The summed E-state index contributed by atoms with van der Waals surface area (Å²) >= 11 is 0. The first-order chi connectivity index (χ1) is 37.2. The molecule has 0 saturated carbocycles. The molecule has 4 heterocycles. The summed E-state index contributed by atoms with van der Waals surface area (Å²) < 4.78 is 0. The average molecular weight is 1410 g/mol. The summed E-state index contributed by atoms with van der Waals surface area (Å²) in [5.41, 5.74) is 16.4. The fourth-order valence-electron chi connectivity index (χ4n) is 9.02. The van der Waals surface area contributed by atoms with Gasteiger partial charge in [-0.15, -0.1) is 131 Å². The number of nitrogens with zero attached hydrogens (tertiary/aromatic N) is 6. The molecule has 10 aromatic rings. The molecule has 0 radical (unpaired) electrons. The van der Waals surface area contributed by atoms with Crippen molar-refractivity contribution >= 4 is 34.4 Å². The van der Waals surface area contributed by atoms with Gasteiger partial charge in [-0.1, -0.05) is 144 Å². The Morgan fingerprint density at radius 2 is 0.662 bits per heavy atom. The topological polar surface area (TPSA) is 58.0 Å². The minimum atomic E-state index is -0.0236. The van der Waals surface area contributed by atoms with Gasteiger partial charge in [0.05, 0.1) is 0 Å². The van der Waals surface area contributed by atoms with Gasteiger partial charge in [0.15, 0.2) is 0 Å². The number of anilines is 6. The largest absolute Gasteiger partial charge is 2.00 e. The van der Waals surface area contributed by atoms with Crippen LogP contribution in [-0.4, -0.2) is 19.9 Å². The van der Waals surface area contributed by atoms with E-state index in [-0.39, 0.29) is 63.8 Å². The van der Waals surface area contributed by atoms with E-state index in [2.05, 4.69) is 224 Å². The molecule has 8 heteroatoms. The number of pyridine rings is 4. The zero-order valence-corrected chi connectivity index (χ0v) is 52.5. The van der Waals surface area contributed by atoms with Crippen molar-refractivity contribution in [3.8, 4) is 45.0 Å². The molecule has 0 aliphatic rings. The number of benzene rings is 6. The van der Waals surface area contributed by atoms with Gasteiger partial charge in [0.1, 0.15) is 11.6 Å². The molecule has 0 amide bonds. The van der Waals surface area contributed by atoms with Crippen LogP contribution in [0, 0.1) is 24.3 Å². The van der Waals surface area contributed by atoms with Crippen LogP contribution in [0.1, 0.15) is 105 Å². The van der Waals surface area contributed by atoms with Crippen LogP contribution in [-0.2, 0) is 63.8 Å². The van der Waals surface area contributed by atoms with Crippen molar-refractivity contribution in [1.82, 2.24) is 19.9 Å². The van der Waals surface area contributed by atoms with Gasteiger partial charge in [-0.25, -0.2) is 0 Å². The quantitative estimate of drug-likeness (QED) is 0.127. The van der Waals surface area contributed by atoms with Crippen LogP contribution in [0.2, 0.25) is 0 Å². The first kappa shape index (κ1) is 60.5. The Balaban J connectivity index is 0.000000225. The van der Waals surface area contributed by atoms with Crippen molar-refractivity contribution in [2.45, 2.75) is 105 Å². The molecule has 0 aliphatic heterocycles. The average Bonchev–Trinajstić information content (AvgIpc) is 3.46. The maximum atomic E-state index is 5.13. The van der Waals surface area contributed by atoms with Gasteiger partial charge < -0.3 is 14.9 Å². The third-order valence-electron chi connectivity index (χ3n) is 13.6. The molecule has 0 aliphatic carbocycles. The molecular formula is C72H70N6Pt2. The molecule has 0 bridgehead atoms. The van der Waals surface area contributed by atoms with Crippen LogP contribution in [0.4, 0.5) is 34.4 Å².